The highest BCUT2D eigenvalue weighted by molar-refractivity contribution is 7.89. The van der Waals surface area contributed by atoms with Gasteiger partial charge in [-0.05, 0) is 32.9 Å². The normalized spacial score (nSPS) is 13.2. The number of amides is 1. The van der Waals surface area contributed by atoms with E-state index in [1.807, 2.05) is 0 Å². The third kappa shape index (κ3) is 5.76. The van der Waals surface area contributed by atoms with Crippen LogP contribution in [0.5, 0.6) is 0 Å². The molecule has 0 saturated carbocycles. The second kappa shape index (κ2) is 5.68. The number of halogens is 3. The molecule has 1 aromatic rings. The summed E-state index contributed by atoms with van der Waals surface area (Å²) in [7, 11) is -3.99. The van der Waals surface area contributed by atoms with E-state index in [1.54, 1.807) is 26.1 Å². The van der Waals surface area contributed by atoms with E-state index in [0.717, 1.165) is 12.1 Å². The quantitative estimate of drug-likeness (QED) is 0.879. The summed E-state index contributed by atoms with van der Waals surface area (Å²) in [4.78, 5) is 11.4. The van der Waals surface area contributed by atoms with Crippen LogP contribution in [0.2, 0.25) is 0 Å². The second-order valence-corrected chi connectivity index (χ2v) is 6.89. The van der Waals surface area contributed by atoms with E-state index >= 15 is 0 Å². The van der Waals surface area contributed by atoms with E-state index in [1.165, 1.54) is 0 Å². The molecular formula is C11H15F3N2O4S. The molecule has 0 aromatic carbocycles. The maximum atomic E-state index is 12.0. The molecule has 0 aliphatic rings. The van der Waals surface area contributed by atoms with Crippen molar-refractivity contribution in [1.82, 2.24) is 10.0 Å². The molecular weight excluding hydrogens is 313 g/mol. The van der Waals surface area contributed by atoms with Gasteiger partial charge in [-0.1, -0.05) is 0 Å². The van der Waals surface area contributed by atoms with Crippen LogP contribution in [-0.2, 0) is 10.0 Å². The van der Waals surface area contributed by atoms with Crippen molar-refractivity contribution in [1.29, 1.82) is 0 Å². The van der Waals surface area contributed by atoms with Crippen LogP contribution in [0.25, 0.3) is 0 Å². The highest BCUT2D eigenvalue weighted by atomic mass is 32.2. The maximum Gasteiger partial charge on any atom is 0.405 e. The Labute approximate surface area is 119 Å². The Bertz CT molecular complexity index is 614. The SMILES string of the molecule is CC(C)(C)NS(=O)(=O)c1ccc(C(=O)NCC(F)(F)F)o1. The summed E-state index contributed by atoms with van der Waals surface area (Å²) in [6.45, 7) is 3.27. The van der Waals surface area contributed by atoms with Crippen molar-refractivity contribution in [2.45, 2.75) is 37.6 Å². The molecule has 6 nitrogen and oxygen atoms in total. The van der Waals surface area contributed by atoms with Gasteiger partial charge in [-0.3, -0.25) is 4.79 Å². The third-order valence-corrected chi connectivity index (χ3v) is 3.59. The van der Waals surface area contributed by atoms with Crippen molar-refractivity contribution in [2.24, 2.45) is 0 Å². The Morgan fingerprint density at radius 2 is 1.81 bits per heavy atom. The molecule has 0 saturated heterocycles. The Hall–Kier alpha value is -1.55. The lowest BCUT2D eigenvalue weighted by atomic mass is 10.1. The standard InChI is InChI=1S/C11H15F3N2O4S/c1-10(2,3)16-21(18,19)8-5-4-7(20-8)9(17)15-6-11(12,13)14/h4-5,16H,6H2,1-3H3,(H,15,17). The summed E-state index contributed by atoms with van der Waals surface area (Å²) in [5, 5.41) is 1.03. The van der Waals surface area contributed by atoms with Gasteiger partial charge in [0.05, 0.1) is 0 Å². The summed E-state index contributed by atoms with van der Waals surface area (Å²) < 4.78 is 66.7. The zero-order chi connectivity index (χ0) is 16.5. The molecule has 10 heteroatoms. The molecule has 120 valence electrons. The van der Waals surface area contributed by atoms with Gasteiger partial charge in [0.25, 0.3) is 15.9 Å². The Morgan fingerprint density at radius 1 is 1.24 bits per heavy atom. The molecule has 1 aromatic heterocycles. The summed E-state index contributed by atoms with van der Waals surface area (Å²) >= 11 is 0. The lowest BCUT2D eigenvalue weighted by Crippen LogP contribution is -2.40. The molecule has 0 aliphatic heterocycles. The molecule has 0 radical (unpaired) electrons. The van der Waals surface area contributed by atoms with Gasteiger partial charge in [0, 0.05) is 5.54 Å². The molecule has 21 heavy (non-hydrogen) atoms. The molecule has 1 amide bonds. The summed E-state index contributed by atoms with van der Waals surface area (Å²) in [5.74, 6) is -1.67. The third-order valence-electron chi connectivity index (χ3n) is 1.96. The van der Waals surface area contributed by atoms with Gasteiger partial charge in [-0.2, -0.15) is 13.2 Å². The van der Waals surface area contributed by atoms with Gasteiger partial charge in [0.1, 0.15) is 6.54 Å². The largest absolute Gasteiger partial charge is 0.438 e. The average Bonchev–Trinajstić information content (AvgIpc) is 2.71. The van der Waals surface area contributed by atoms with Crippen LogP contribution in [0.3, 0.4) is 0 Å². The lowest BCUT2D eigenvalue weighted by Gasteiger charge is -2.18. The minimum Gasteiger partial charge on any atom is -0.438 e. The first kappa shape index (κ1) is 17.5. The number of furan rings is 1. The molecule has 1 rings (SSSR count). The van der Waals surface area contributed by atoms with Crippen LogP contribution in [0.1, 0.15) is 31.3 Å². The predicted octanol–water partition coefficient (Wildman–Crippen LogP) is 1.65. The van der Waals surface area contributed by atoms with E-state index in [9.17, 15) is 26.4 Å². The topological polar surface area (TPSA) is 88.4 Å². The van der Waals surface area contributed by atoms with E-state index in [0.29, 0.717) is 0 Å². The Balaban J connectivity index is 2.84. The number of carbonyl (C=O) groups excluding carboxylic acids is 1. The molecule has 1 heterocycles. The van der Waals surface area contributed by atoms with Crippen molar-refractivity contribution in [3.63, 3.8) is 0 Å². The van der Waals surface area contributed by atoms with Gasteiger partial charge < -0.3 is 9.73 Å². The van der Waals surface area contributed by atoms with E-state index in [-0.39, 0.29) is 0 Å². The number of alkyl halides is 3. The van der Waals surface area contributed by atoms with E-state index in [2.05, 4.69) is 4.72 Å². The Kier molecular flexibility index (Phi) is 4.73. The first-order valence-corrected chi connectivity index (χ1v) is 7.27. The second-order valence-electron chi connectivity index (χ2n) is 5.27. The number of hydrogen-bond acceptors (Lipinski definition) is 4. The van der Waals surface area contributed by atoms with Gasteiger partial charge in [-0.15, -0.1) is 0 Å². The molecule has 0 aliphatic carbocycles. The fraction of sp³-hybridized carbons (Fsp3) is 0.545. The smallest absolute Gasteiger partial charge is 0.405 e. The number of hydrogen-bond donors (Lipinski definition) is 2. The molecule has 0 unspecified atom stereocenters. The van der Waals surface area contributed by atoms with Gasteiger partial charge in [0.2, 0.25) is 5.09 Å². The number of rotatable bonds is 4. The van der Waals surface area contributed by atoms with Crippen LogP contribution < -0.4 is 10.0 Å². The van der Waals surface area contributed by atoms with Gasteiger partial charge in [0.15, 0.2) is 5.76 Å². The fourth-order valence-corrected chi connectivity index (χ4v) is 2.66. The summed E-state index contributed by atoms with van der Waals surface area (Å²) in [6, 6.07) is 1.99. The molecule has 0 bridgehead atoms. The number of sulfonamides is 1. The molecule has 0 atom stereocenters. The van der Waals surface area contributed by atoms with E-state index < -0.39 is 45.0 Å². The zero-order valence-corrected chi connectivity index (χ0v) is 12.4. The first-order chi connectivity index (χ1) is 9.30. The minimum absolute atomic E-state index is 0.520. The lowest BCUT2D eigenvalue weighted by molar-refractivity contribution is -0.123. The van der Waals surface area contributed by atoms with Crippen LogP contribution in [0.15, 0.2) is 21.6 Å². The van der Waals surface area contributed by atoms with Crippen molar-refractivity contribution < 1.29 is 30.8 Å². The van der Waals surface area contributed by atoms with Crippen molar-refractivity contribution >= 4 is 15.9 Å². The monoisotopic (exact) mass is 328 g/mol. The van der Waals surface area contributed by atoms with Crippen molar-refractivity contribution in [3.8, 4) is 0 Å². The summed E-state index contributed by atoms with van der Waals surface area (Å²) in [6.07, 6.45) is -4.56. The van der Waals surface area contributed by atoms with Crippen LogP contribution >= 0.6 is 0 Å². The fourth-order valence-electron chi connectivity index (χ4n) is 1.31. The predicted molar refractivity (Wildman–Crippen MR) is 67.2 cm³/mol. The maximum absolute atomic E-state index is 12.0. The van der Waals surface area contributed by atoms with Crippen molar-refractivity contribution in [3.05, 3.63) is 17.9 Å². The number of nitrogens with one attached hydrogen (secondary N) is 2. The minimum atomic E-state index is -4.56. The first-order valence-electron chi connectivity index (χ1n) is 5.79. The van der Waals surface area contributed by atoms with Gasteiger partial charge >= 0.3 is 6.18 Å². The highest BCUT2D eigenvalue weighted by Gasteiger charge is 2.30. The van der Waals surface area contributed by atoms with Crippen molar-refractivity contribution in [2.75, 3.05) is 6.54 Å². The van der Waals surface area contributed by atoms with Gasteiger partial charge in [-0.25, -0.2) is 13.1 Å². The molecule has 0 spiro atoms. The molecule has 0 fully saturated rings. The van der Waals surface area contributed by atoms with Crippen LogP contribution in [0.4, 0.5) is 13.2 Å². The molecule has 2 N–H and O–H groups in total. The highest BCUT2D eigenvalue weighted by Crippen LogP contribution is 2.17. The van der Waals surface area contributed by atoms with Crippen LogP contribution in [0, 0.1) is 0 Å². The number of carbonyl (C=O) groups is 1. The summed E-state index contributed by atoms with van der Waals surface area (Å²) in [5.41, 5.74) is -0.773. The Morgan fingerprint density at radius 3 is 2.29 bits per heavy atom. The average molecular weight is 328 g/mol. The zero-order valence-electron chi connectivity index (χ0n) is 11.5. The van der Waals surface area contributed by atoms with E-state index in [4.69, 9.17) is 4.42 Å². The van der Waals surface area contributed by atoms with Crippen LogP contribution in [-0.4, -0.2) is 32.6 Å².